The van der Waals surface area contributed by atoms with Gasteiger partial charge < -0.3 is 10.1 Å². The van der Waals surface area contributed by atoms with Crippen LogP contribution in [0.5, 0.6) is 0 Å². The van der Waals surface area contributed by atoms with Crippen molar-refractivity contribution in [3.8, 4) is 0 Å². The topological polar surface area (TPSA) is 56.1 Å². The molecule has 0 amide bonds. The Morgan fingerprint density at radius 3 is 2.91 bits per heavy atom. The number of hydrogen-bond acceptors (Lipinski definition) is 4. The summed E-state index contributed by atoms with van der Waals surface area (Å²) in [6.07, 6.45) is 0.757. The highest BCUT2D eigenvalue weighted by Gasteiger charge is 2.25. The molecule has 116 valence electrons. The third-order valence-corrected chi connectivity index (χ3v) is 3.73. The molecule has 1 aromatic carbocycles. The van der Waals surface area contributed by atoms with Crippen molar-refractivity contribution in [2.24, 2.45) is 0 Å². The van der Waals surface area contributed by atoms with E-state index in [1.54, 1.807) is 23.7 Å². The van der Waals surface area contributed by atoms with Gasteiger partial charge in [0.2, 0.25) is 0 Å². The second-order valence-corrected chi connectivity index (χ2v) is 5.21. The first-order valence-electron chi connectivity index (χ1n) is 7.40. The van der Waals surface area contributed by atoms with Gasteiger partial charge in [-0.1, -0.05) is 12.1 Å². The highest BCUT2D eigenvalue weighted by Crippen LogP contribution is 2.20. The van der Waals surface area contributed by atoms with Crippen LogP contribution in [0, 0.1) is 5.82 Å². The second kappa shape index (κ2) is 6.27. The van der Waals surface area contributed by atoms with Crippen molar-refractivity contribution < 1.29 is 13.9 Å². The maximum atomic E-state index is 13.0. The zero-order valence-electron chi connectivity index (χ0n) is 12.4. The molecule has 0 fully saturated rings. The number of nitrogens with zero attached hydrogens (tertiary/aromatic N) is 2. The fourth-order valence-corrected chi connectivity index (χ4v) is 2.67. The summed E-state index contributed by atoms with van der Waals surface area (Å²) in [6.45, 7) is 4.10. The maximum Gasteiger partial charge on any atom is 0.359 e. The molecule has 1 aliphatic rings. The van der Waals surface area contributed by atoms with Crippen molar-refractivity contribution in [2.45, 2.75) is 26.4 Å². The monoisotopic (exact) mass is 303 g/mol. The first-order valence-corrected chi connectivity index (χ1v) is 7.40. The number of aromatic nitrogens is 2. The third-order valence-electron chi connectivity index (χ3n) is 3.73. The minimum atomic E-state index is -0.376. The van der Waals surface area contributed by atoms with Gasteiger partial charge in [-0.05, 0) is 37.6 Å². The molecule has 0 unspecified atom stereocenters. The summed E-state index contributed by atoms with van der Waals surface area (Å²) in [5, 5.41) is 7.72. The van der Waals surface area contributed by atoms with Crippen LogP contribution in [0.15, 0.2) is 24.3 Å². The summed E-state index contributed by atoms with van der Waals surface area (Å²) in [4.78, 5) is 12.1. The lowest BCUT2D eigenvalue weighted by Gasteiger charge is -2.15. The smallest absolute Gasteiger partial charge is 0.359 e. The third kappa shape index (κ3) is 2.87. The molecule has 0 spiro atoms. The standard InChI is InChI=1S/C16H18FN3O2/c1-2-22-16(21)15-13-7-8-18-9-14(13)20(19-15)10-11-3-5-12(17)6-4-11/h3-6,18H,2,7-10H2,1H3. The largest absolute Gasteiger partial charge is 0.461 e. The van der Waals surface area contributed by atoms with Crippen molar-refractivity contribution in [1.82, 2.24) is 15.1 Å². The number of nitrogens with one attached hydrogen (secondary N) is 1. The molecule has 22 heavy (non-hydrogen) atoms. The molecule has 0 aliphatic carbocycles. The highest BCUT2D eigenvalue weighted by atomic mass is 19.1. The number of halogens is 1. The highest BCUT2D eigenvalue weighted by molar-refractivity contribution is 5.89. The average Bonchev–Trinajstić information content (AvgIpc) is 2.89. The number of benzene rings is 1. The molecule has 0 saturated heterocycles. The zero-order chi connectivity index (χ0) is 15.5. The summed E-state index contributed by atoms with van der Waals surface area (Å²) in [7, 11) is 0. The molecule has 5 nitrogen and oxygen atoms in total. The predicted molar refractivity (Wildman–Crippen MR) is 79.1 cm³/mol. The van der Waals surface area contributed by atoms with Gasteiger partial charge >= 0.3 is 5.97 Å². The molecule has 3 rings (SSSR count). The Morgan fingerprint density at radius 2 is 2.18 bits per heavy atom. The molecular weight excluding hydrogens is 285 g/mol. The number of carbonyl (C=O) groups excluding carboxylic acids is 1. The van der Waals surface area contributed by atoms with Gasteiger partial charge in [-0.3, -0.25) is 4.68 Å². The average molecular weight is 303 g/mol. The van der Waals surface area contributed by atoms with Gasteiger partial charge in [0.1, 0.15) is 5.82 Å². The first-order chi connectivity index (χ1) is 10.7. The van der Waals surface area contributed by atoms with Crippen LogP contribution in [0.4, 0.5) is 4.39 Å². The number of ether oxygens (including phenoxy) is 1. The van der Waals surface area contributed by atoms with Crippen molar-refractivity contribution in [1.29, 1.82) is 0 Å². The molecule has 2 heterocycles. The SMILES string of the molecule is CCOC(=O)c1nn(Cc2ccc(F)cc2)c2c1CCNC2. The minimum Gasteiger partial charge on any atom is -0.461 e. The number of hydrogen-bond donors (Lipinski definition) is 1. The van der Waals surface area contributed by atoms with Crippen molar-refractivity contribution >= 4 is 5.97 Å². The van der Waals surface area contributed by atoms with E-state index in [9.17, 15) is 9.18 Å². The minimum absolute atomic E-state index is 0.264. The molecule has 1 aliphatic heterocycles. The van der Waals surface area contributed by atoms with E-state index >= 15 is 0 Å². The molecule has 0 saturated carbocycles. The van der Waals surface area contributed by atoms with E-state index in [2.05, 4.69) is 10.4 Å². The molecule has 6 heteroatoms. The van der Waals surface area contributed by atoms with Crippen LogP contribution in [0.2, 0.25) is 0 Å². The molecule has 2 aromatic rings. The molecule has 0 bridgehead atoms. The normalized spacial score (nSPS) is 13.7. The Bertz CT molecular complexity index is 679. The molecular formula is C16H18FN3O2. The van der Waals surface area contributed by atoms with Crippen LogP contribution < -0.4 is 5.32 Å². The first kappa shape index (κ1) is 14.7. The predicted octanol–water partition coefficient (Wildman–Crippen LogP) is 1.89. The van der Waals surface area contributed by atoms with Crippen LogP contribution >= 0.6 is 0 Å². The van der Waals surface area contributed by atoms with Crippen molar-refractivity contribution in [3.05, 3.63) is 52.6 Å². The lowest BCUT2D eigenvalue weighted by molar-refractivity contribution is 0.0517. The van der Waals surface area contributed by atoms with E-state index in [1.807, 2.05) is 0 Å². The van der Waals surface area contributed by atoms with Gasteiger partial charge in [0.05, 0.1) is 18.8 Å². The van der Waals surface area contributed by atoms with Gasteiger partial charge in [-0.25, -0.2) is 9.18 Å². The van der Waals surface area contributed by atoms with Crippen LogP contribution in [0.25, 0.3) is 0 Å². The van der Waals surface area contributed by atoms with Gasteiger partial charge in [-0.2, -0.15) is 5.10 Å². The van der Waals surface area contributed by atoms with Gasteiger partial charge in [0.25, 0.3) is 0 Å². The van der Waals surface area contributed by atoms with E-state index in [0.717, 1.165) is 29.8 Å². The van der Waals surface area contributed by atoms with Crippen LogP contribution in [-0.2, 0) is 24.2 Å². The lowest BCUT2D eigenvalue weighted by atomic mass is 10.1. The number of carbonyl (C=O) groups is 1. The Balaban J connectivity index is 1.93. The number of fused-ring (bicyclic) bond motifs is 1. The van der Waals surface area contributed by atoms with E-state index in [0.29, 0.717) is 25.4 Å². The van der Waals surface area contributed by atoms with Crippen LogP contribution in [0.3, 0.4) is 0 Å². The molecule has 0 radical (unpaired) electrons. The van der Waals surface area contributed by atoms with Crippen molar-refractivity contribution in [3.63, 3.8) is 0 Å². The molecule has 1 aromatic heterocycles. The van der Waals surface area contributed by atoms with Crippen LogP contribution in [-0.4, -0.2) is 28.9 Å². The summed E-state index contributed by atoms with van der Waals surface area (Å²) in [5.74, 6) is -0.640. The zero-order valence-corrected chi connectivity index (χ0v) is 12.4. The molecule has 1 N–H and O–H groups in total. The summed E-state index contributed by atoms with van der Waals surface area (Å²) < 4.78 is 19.9. The summed E-state index contributed by atoms with van der Waals surface area (Å²) in [5.41, 5.74) is 3.30. The summed E-state index contributed by atoms with van der Waals surface area (Å²) in [6, 6.07) is 6.30. The van der Waals surface area contributed by atoms with Gasteiger partial charge in [-0.15, -0.1) is 0 Å². The fraction of sp³-hybridized carbons (Fsp3) is 0.375. The Kier molecular flexibility index (Phi) is 4.20. The van der Waals surface area contributed by atoms with E-state index in [4.69, 9.17) is 4.74 Å². The summed E-state index contributed by atoms with van der Waals surface area (Å²) >= 11 is 0. The van der Waals surface area contributed by atoms with Crippen LogP contribution in [0.1, 0.15) is 34.2 Å². The second-order valence-electron chi connectivity index (χ2n) is 5.21. The lowest BCUT2D eigenvalue weighted by Crippen LogP contribution is -2.26. The van der Waals surface area contributed by atoms with Crippen molar-refractivity contribution in [2.75, 3.05) is 13.2 Å². The van der Waals surface area contributed by atoms with E-state index in [-0.39, 0.29) is 11.8 Å². The van der Waals surface area contributed by atoms with Gasteiger partial charge in [0, 0.05) is 12.1 Å². The Morgan fingerprint density at radius 1 is 1.41 bits per heavy atom. The van der Waals surface area contributed by atoms with E-state index < -0.39 is 0 Å². The number of rotatable bonds is 4. The number of esters is 1. The quantitative estimate of drug-likeness (QED) is 0.877. The Hall–Kier alpha value is -2.21. The fourth-order valence-electron chi connectivity index (χ4n) is 2.67. The van der Waals surface area contributed by atoms with E-state index in [1.165, 1.54) is 12.1 Å². The Labute approximate surface area is 128 Å². The van der Waals surface area contributed by atoms with Gasteiger partial charge in [0.15, 0.2) is 5.69 Å². The molecule has 0 atom stereocenters. The maximum absolute atomic E-state index is 13.0.